The minimum atomic E-state index is 0.00675. The molecule has 19 heavy (non-hydrogen) atoms. The molecule has 0 aromatic carbocycles. The Labute approximate surface area is 114 Å². The van der Waals surface area contributed by atoms with Gasteiger partial charge in [0.05, 0.1) is 11.7 Å². The van der Waals surface area contributed by atoms with Gasteiger partial charge in [-0.25, -0.2) is 0 Å². The molecule has 0 aliphatic heterocycles. The van der Waals surface area contributed by atoms with Crippen LogP contribution in [-0.4, -0.2) is 10.9 Å². The highest BCUT2D eigenvalue weighted by Crippen LogP contribution is 2.49. The maximum Gasteiger partial charge on any atom is 0.220 e. The van der Waals surface area contributed by atoms with Gasteiger partial charge in [0, 0.05) is 12.6 Å². The van der Waals surface area contributed by atoms with Gasteiger partial charge in [0.2, 0.25) is 5.91 Å². The second kappa shape index (κ2) is 5.32. The van der Waals surface area contributed by atoms with Crippen LogP contribution in [0.5, 0.6) is 0 Å². The molecule has 0 saturated heterocycles. The van der Waals surface area contributed by atoms with Crippen molar-refractivity contribution in [3.05, 3.63) is 30.1 Å². The lowest BCUT2D eigenvalue weighted by atomic mass is 9.86. The lowest BCUT2D eigenvalue weighted by Gasteiger charge is -2.22. The summed E-state index contributed by atoms with van der Waals surface area (Å²) in [7, 11) is 0. The summed E-state index contributed by atoms with van der Waals surface area (Å²) in [5.41, 5.74) is 0.934. The molecular weight excluding hydrogens is 236 g/mol. The van der Waals surface area contributed by atoms with Crippen LogP contribution in [-0.2, 0) is 4.79 Å². The number of amides is 1. The maximum atomic E-state index is 12.1. The Morgan fingerprint density at radius 2 is 2.32 bits per heavy atom. The van der Waals surface area contributed by atoms with Gasteiger partial charge in [-0.15, -0.1) is 0 Å². The van der Waals surface area contributed by atoms with Crippen molar-refractivity contribution >= 4 is 5.91 Å². The zero-order valence-electron chi connectivity index (χ0n) is 11.5. The van der Waals surface area contributed by atoms with E-state index in [1.807, 2.05) is 25.1 Å². The third kappa shape index (κ3) is 2.80. The fraction of sp³-hybridized carbons (Fsp3) is 0.625. The predicted octanol–water partition coefficient (Wildman–Crippen LogP) is 3.09. The molecule has 4 atom stereocenters. The molecule has 4 unspecified atom stereocenters. The fourth-order valence-corrected chi connectivity index (χ4v) is 3.87. The van der Waals surface area contributed by atoms with Gasteiger partial charge in [0.25, 0.3) is 0 Å². The number of nitrogens with zero attached hydrogens (tertiary/aromatic N) is 1. The third-order valence-electron chi connectivity index (χ3n) is 4.84. The van der Waals surface area contributed by atoms with Crippen molar-refractivity contribution in [2.75, 3.05) is 0 Å². The van der Waals surface area contributed by atoms with Gasteiger partial charge < -0.3 is 5.32 Å². The number of fused-ring (bicyclic) bond motifs is 2. The Hall–Kier alpha value is -1.38. The van der Waals surface area contributed by atoms with Gasteiger partial charge in [-0.1, -0.05) is 12.5 Å². The van der Waals surface area contributed by atoms with Crippen molar-refractivity contribution in [2.24, 2.45) is 17.8 Å². The Balaban J connectivity index is 1.51. The molecule has 1 heterocycles. The Morgan fingerprint density at radius 1 is 1.42 bits per heavy atom. The first-order chi connectivity index (χ1) is 9.22. The molecule has 3 nitrogen and oxygen atoms in total. The molecular formula is C16H22N2O. The first kappa shape index (κ1) is 12.6. The van der Waals surface area contributed by atoms with E-state index >= 15 is 0 Å². The first-order valence-corrected chi connectivity index (χ1v) is 7.42. The fourth-order valence-electron chi connectivity index (χ4n) is 3.87. The number of nitrogens with one attached hydrogen (secondary N) is 1. The van der Waals surface area contributed by atoms with E-state index in [-0.39, 0.29) is 11.9 Å². The van der Waals surface area contributed by atoms with Crippen molar-refractivity contribution in [1.29, 1.82) is 0 Å². The molecule has 102 valence electrons. The summed E-state index contributed by atoms with van der Waals surface area (Å²) in [4.78, 5) is 16.4. The monoisotopic (exact) mass is 258 g/mol. The van der Waals surface area contributed by atoms with E-state index in [4.69, 9.17) is 0 Å². The maximum absolute atomic E-state index is 12.1. The second-order valence-electron chi connectivity index (χ2n) is 6.18. The van der Waals surface area contributed by atoms with E-state index < -0.39 is 0 Å². The summed E-state index contributed by atoms with van der Waals surface area (Å²) in [6.45, 7) is 2.00. The van der Waals surface area contributed by atoms with Crippen molar-refractivity contribution < 1.29 is 4.79 Å². The van der Waals surface area contributed by atoms with Gasteiger partial charge in [-0.05, 0) is 56.1 Å². The first-order valence-electron chi connectivity index (χ1n) is 7.42. The van der Waals surface area contributed by atoms with Crippen LogP contribution in [0.2, 0.25) is 0 Å². The molecule has 2 aliphatic rings. The number of aromatic nitrogens is 1. The van der Waals surface area contributed by atoms with E-state index in [9.17, 15) is 4.79 Å². The molecule has 3 heteroatoms. The molecule has 1 amide bonds. The van der Waals surface area contributed by atoms with Crippen LogP contribution in [0.4, 0.5) is 0 Å². The number of hydrogen-bond donors (Lipinski definition) is 1. The van der Waals surface area contributed by atoms with Gasteiger partial charge >= 0.3 is 0 Å². The summed E-state index contributed by atoms with van der Waals surface area (Å²) in [5, 5.41) is 3.08. The van der Waals surface area contributed by atoms with Crippen LogP contribution in [0.15, 0.2) is 24.4 Å². The van der Waals surface area contributed by atoms with Crippen LogP contribution in [0.3, 0.4) is 0 Å². The lowest BCUT2D eigenvalue weighted by Crippen LogP contribution is -2.30. The molecule has 2 saturated carbocycles. The molecule has 1 aromatic heterocycles. The van der Waals surface area contributed by atoms with Gasteiger partial charge in [0.15, 0.2) is 0 Å². The highest BCUT2D eigenvalue weighted by atomic mass is 16.1. The molecule has 2 fully saturated rings. The number of pyridine rings is 1. The summed E-state index contributed by atoms with van der Waals surface area (Å²) < 4.78 is 0. The topological polar surface area (TPSA) is 42.0 Å². The molecule has 3 rings (SSSR count). The number of carbonyl (C=O) groups is 1. The van der Waals surface area contributed by atoms with E-state index in [0.717, 1.165) is 17.5 Å². The quantitative estimate of drug-likeness (QED) is 0.901. The minimum Gasteiger partial charge on any atom is -0.348 e. The molecule has 0 spiro atoms. The molecule has 0 radical (unpaired) electrons. The average molecular weight is 258 g/mol. The molecule has 2 aliphatic carbocycles. The van der Waals surface area contributed by atoms with Crippen LogP contribution in [0, 0.1) is 17.8 Å². The van der Waals surface area contributed by atoms with Crippen molar-refractivity contribution in [2.45, 2.75) is 45.1 Å². The van der Waals surface area contributed by atoms with Crippen molar-refractivity contribution in [1.82, 2.24) is 10.3 Å². The van der Waals surface area contributed by atoms with E-state index in [2.05, 4.69) is 10.3 Å². The number of carbonyl (C=O) groups excluding carboxylic acids is 1. The SMILES string of the molecule is CC(NC(=O)CC1CC2CCC1C2)c1ccccn1. The Kier molecular flexibility index (Phi) is 3.54. The third-order valence-corrected chi connectivity index (χ3v) is 4.84. The van der Waals surface area contributed by atoms with Crippen LogP contribution in [0.1, 0.15) is 50.8 Å². The molecule has 1 aromatic rings. The zero-order chi connectivity index (χ0) is 13.2. The summed E-state index contributed by atoms with van der Waals surface area (Å²) in [6, 6.07) is 5.82. The van der Waals surface area contributed by atoms with Crippen molar-refractivity contribution in [3.8, 4) is 0 Å². The van der Waals surface area contributed by atoms with E-state index in [1.54, 1.807) is 6.20 Å². The smallest absolute Gasteiger partial charge is 0.220 e. The van der Waals surface area contributed by atoms with Crippen LogP contribution < -0.4 is 5.32 Å². The summed E-state index contributed by atoms with van der Waals surface area (Å²) in [5.74, 6) is 2.56. The Bertz CT molecular complexity index is 445. The average Bonchev–Trinajstić information content (AvgIpc) is 3.02. The van der Waals surface area contributed by atoms with Gasteiger partial charge in [-0.2, -0.15) is 0 Å². The van der Waals surface area contributed by atoms with Gasteiger partial charge in [-0.3, -0.25) is 9.78 Å². The normalized spacial score (nSPS) is 30.3. The van der Waals surface area contributed by atoms with E-state index in [1.165, 1.54) is 25.7 Å². The van der Waals surface area contributed by atoms with Crippen LogP contribution in [0.25, 0.3) is 0 Å². The number of rotatable bonds is 4. The highest BCUT2D eigenvalue weighted by Gasteiger charge is 2.40. The summed E-state index contributed by atoms with van der Waals surface area (Å²) >= 11 is 0. The summed E-state index contributed by atoms with van der Waals surface area (Å²) in [6.07, 6.45) is 7.86. The van der Waals surface area contributed by atoms with Gasteiger partial charge in [0.1, 0.15) is 0 Å². The Morgan fingerprint density at radius 3 is 2.95 bits per heavy atom. The second-order valence-corrected chi connectivity index (χ2v) is 6.18. The van der Waals surface area contributed by atoms with Crippen molar-refractivity contribution in [3.63, 3.8) is 0 Å². The van der Waals surface area contributed by atoms with E-state index in [0.29, 0.717) is 12.3 Å². The minimum absolute atomic E-state index is 0.00675. The zero-order valence-corrected chi connectivity index (χ0v) is 11.5. The standard InChI is InChI=1S/C16H22N2O/c1-11(15-4-2-3-7-17-15)18-16(19)10-14-9-12-5-6-13(14)8-12/h2-4,7,11-14H,5-6,8-10H2,1H3,(H,18,19). The lowest BCUT2D eigenvalue weighted by molar-refractivity contribution is -0.123. The predicted molar refractivity (Wildman–Crippen MR) is 74.3 cm³/mol. The molecule has 2 bridgehead atoms. The largest absolute Gasteiger partial charge is 0.348 e. The van der Waals surface area contributed by atoms with Crippen LogP contribution >= 0.6 is 0 Å². The molecule has 1 N–H and O–H groups in total. The number of hydrogen-bond acceptors (Lipinski definition) is 2. The highest BCUT2D eigenvalue weighted by molar-refractivity contribution is 5.76.